The zero-order valence-electron chi connectivity index (χ0n) is 11.2. The molecule has 0 aliphatic heterocycles. The van der Waals surface area contributed by atoms with Gasteiger partial charge in [0, 0.05) is 18.8 Å². The average molecular weight is 236 g/mol. The molecule has 0 unspecified atom stereocenters. The Labute approximate surface area is 105 Å². The maximum Gasteiger partial charge on any atom is 0.183 e. The molecular weight excluding hydrogens is 212 g/mol. The molecule has 0 aliphatic rings. The van der Waals surface area contributed by atoms with Gasteiger partial charge in [0.25, 0.3) is 0 Å². The van der Waals surface area contributed by atoms with Crippen molar-refractivity contribution in [1.82, 2.24) is 0 Å². The lowest BCUT2D eigenvalue weighted by Gasteiger charge is -2.17. The number of rotatable bonds is 8. The number of aryl methyl sites for hydroxylation is 1. The van der Waals surface area contributed by atoms with E-state index in [1.54, 1.807) is 0 Å². The topological polar surface area (TPSA) is 18.5 Å². The van der Waals surface area contributed by atoms with Crippen LogP contribution in [0.5, 0.6) is 0 Å². The third-order valence-electron chi connectivity index (χ3n) is 2.71. The number of hydrogen-bond donors (Lipinski definition) is 0. The predicted molar refractivity (Wildman–Crippen MR) is 71.0 cm³/mol. The van der Waals surface area contributed by atoms with Crippen LogP contribution in [-0.2, 0) is 15.9 Å². The Hall–Kier alpha value is -0.860. The van der Waals surface area contributed by atoms with Gasteiger partial charge < -0.3 is 9.47 Å². The SMILES string of the molecule is CCCCc1ccc(C(OCC)OCC)cc1. The summed E-state index contributed by atoms with van der Waals surface area (Å²) in [7, 11) is 0. The Morgan fingerprint density at radius 2 is 1.53 bits per heavy atom. The second-order valence-corrected chi connectivity index (χ2v) is 4.09. The number of ether oxygens (including phenoxy) is 2. The number of hydrogen-bond acceptors (Lipinski definition) is 2. The Kier molecular flexibility index (Phi) is 6.90. The van der Waals surface area contributed by atoms with Crippen LogP contribution in [0.25, 0.3) is 0 Å². The van der Waals surface area contributed by atoms with Gasteiger partial charge in [0.15, 0.2) is 6.29 Å². The summed E-state index contributed by atoms with van der Waals surface area (Å²) in [4.78, 5) is 0. The van der Waals surface area contributed by atoms with Crippen molar-refractivity contribution in [2.75, 3.05) is 13.2 Å². The van der Waals surface area contributed by atoms with Gasteiger partial charge in [-0.3, -0.25) is 0 Å². The first-order valence-electron chi connectivity index (χ1n) is 6.63. The summed E-state index contributed by atoms with van der Waals surface area (Å²) < 4.78 is 11.1. The molecule has 0 atom stereocenters. The third kappa shape index (κ3) is 4.88. The van der Waals surface area contributed by atoms with Crippen LogP contribution in [0.3, 0.4) is 0 Å². The van der Waals surface area contributed by atoms with Gasteiger partial charge in [-0.05, 0) is 32.3 Å². The van der Waals surface area contributed by atoms with Crippen LogP contribution in [0.4, 0.5) is 0 Å². The summed E-state index contributed by atoms with van der Waals surface area (Å²) in [5, 5.41) is 0. The van der Waals surface area contributed by atoms with E-state index in [-0.39, 0.29) is 6.29 Å². The van der Waals surface area contributed by atoms with Crippen LogP contribution in [0.15, 0.2) is 24.3 Å². The van der Waals surface area contributed by atoms with E-state index in [1.807, 2.05) is 13.8 Å². The van der Waals surface area contributed by atoms with E-state index in [4.69, 9.17) is 9.47 Å². The minimum absolute atomic E-state index is 0.217. The Balaban J connectivity index is 2.63. The standard InChI is InChI=1S/C15H24O2/c1-4-7-8-13-9-11-14(12-10-13)15(16-5-2)17-6-3/h9-12,15H,4-8H2,1-3H3. The molecule has 1 aromatic carbocycles. The van der Waals surface area contributed by atoms with Crippen LogP contribution in [0, 0.1) is 0 Å². The first-order valence-corrected chi connectivity index (χ1v) is 6.63. The average Bonchev–Trinajstić information content (AvgIpc) is 2.37. The summed E-state index contributed by atoms with van der Waals surface area (Å²) in [5.74, 6) is 0. The normalized spacial score (nSPS) is 11.1. The lowest BCUT2D eigenvalue weighted by Crippen LogP contribution is -2.08. The van der Waals surface area contributed by atoms with E-state index in [0.29, 0.717) is 13.2 Å². The van der Waals surface area contributed by atoms with Gasteiger partial charge in [-0.15, -0.1) is 0 Å². The number of unbranched alkanes of at least 4 members (excludes halogenated alkanes) is 1. The summed E-state index contributed by atoms with van der Waals surface area (Å²) in [6.45, 7) is 7.53. The highest BCUT2D eigenvalue weighted by Crippen LogP contribution is 2.19. The predicted octanol–water partition coefficient (Wildman–Crippen LogP) is 4.10. The van der Waals surface area contributed by atoms with E-state index in [1.165, 1.54) is 18.4 Å². The molecule has 0 heterocycles. The quantitative estimate of drug-likeness (QED) is 0.633. The highest BCUT2D eigenvalue weighted by molar-refractivity contribution is 5.23. The van der Waals surface area contributed by atoms with Gasteiger partial charge in [0.2, 0.25) is 0 Å². The zero-order valence-corrected chi connectivity index (χ0v) is 11.2. The van der Waals surface area contributed by atoms with Crippen LogP contribution in [-0.4, -0.2) is 13.2 Å². The molecule has 0 radical (unpaired) electrons. The molecule has 96 valence electrons. The minimum atomic E-state index is -0.217. The van der Waals surface area contributed by atoms with Gasteiger partial charge >= 0.3 is 0 Å². The molecule has 0 bridgehead atoms. The second kappa shape index (κ2) is 8.26. The van der Waals surface area contributed by atoms with E-state index >= 15 is 0 Å². The molecule has 2 nitrogen and oxygen atoms in total. The molecule has 0 spiro atoms. The molecule has 0 saturated carbocycles. The van der Waals surface area contributed by atoms with Crippen LogP contribution < -0.4 is 0 Å². The fourth-order valence-corrected chi connectivity index (χ4v) is 1.77. The lowest BCUT2D eigenvalue weighted by atomic mass is 10.1. The molecule has 0 aromatic heterocycles. The van der Waals surface area contributed by atoms with Gasteiger partial charge in [0.05, 0.1) is 0 Å². The fraction of sp³-hybridized carbons (Fsp3) is 0.600. The minimum Gasteiger partial charge on any atom is -0.349 e. The third-order valence-corrected chi connectivity index (χ3v) is 2.71. The first-order chi connectivity index (χ1) is 8.31. The van der Waals surface area contributed by atoms with E-state index < -0.39 is 0 Å². The molecule has 0 amide bonds. The van der Waals surface area contributed by atoms with Gasteiger partial charge in [-0.1, -0.05) is 37.6 Å². The molecule has 17 heavy (non-hydrogen) atoms. The Morgan fingerprint density at radius 3 is 2.00 bits per heavy atom. The molecule has 0 fully saturated rings. The van der Waals surface area contributed by atoms with Crippen LogP contribution in [0.2, 0.25) is 0 Å². The van der Waals surface area contributed by atoms with Gasteiger partial charge in [0.1, 0.15) is 0 Å². The van der Waals surface area contributed by atoms with Crippen LogP contribution in [0.1, 0.15) is 51.0 Å². The molecule has 0 saturated heterocycles. The monoisotopic (exact) mass is 236 g/mol. The van der Waals surface area contributed by atoms with Crippen molar-refractivity contribution in [2.24, 2.45) is 0 Å². The van der Waals surface area contributed by atoms with Crippen molar-refractivity contribution in [2.45, 2.75) is 46.3 Å². The molecule has 0 aliphatic carbocycles. The van der Waals surface area contributed by atoms with Crippen LogP contribution >= 0.6 is 0 Å². The molecule has 2 heteroatoms. The highest BCUT2D eigenvalue weighted by Gasteiger charge is 2.10. The van der Waals surface area contributed by atoms with Gasteiger partial charge in [-0.2, -0.15) is 0 Å². The summed E-state index contributed by atoms with van der Waals surface area (Å²) in [6.07, 6.45) is 3.43. The number of benzene rings is 1. The summed E-state index contributed by atoms with van der Waals surface area (Å²) in [6, 6.07) is 8.58. The Bertz CT molecular complexity index is 286. The smallest absolute Gasteiger partial charge is 0.183 e. The molecular formula is C15H24O2. The molecule has 1 rings (SSSR count). The van der Waals surface area contributed by atoms with Crippen molar-refractivity contribution in [3.63, 3.8) is 0 Å². The van der Waals surface area contributed by atoms with Gasteiger partial charge in [-0.25, -0.2) is 0 Å². The molecule has 0 N–H and O–H groups in total. The highest BCUT2D eigenvalue weighted by atomic mass is 16.7. The van der Waals surface area contributed by atoms with Crippen molar-refractivity contribution in [3.05, 3.63) is 35.4 Å². The second-order valence-electron chi connectivity index (χ2n) is 4.09. The van der Waals surface area contributed by atoms with E-state index in [0.717, 1.165) is 12.0 Å². The summed E-state index contributed by atoms with van der Waals surface area (Å²) >= 11 is 0. The largest absolute Gasteiger partial charge is 0.349 e. The maximum atomic E-state index is 5.57. The van der Waals surface area contributed by atoms with Crippen molar-refractivity contribution in [1.29, 1.82) is 0 Å². The van der Waals surface area contributed by atoms with Crippen molar-refractivity contribution in [3.8, 4) is 0 Å². The lowest BCUT2D eigenvalue weighted by molar-refractivity contribution is -0.140. The fourth-order valence-electron chi connectivity index (χ4n) is 1.77. The maximum absolute atomic E-state index is 5.57. The van der Waals surface area contributed by atoms with Crippen molar-refractivity contribution >= 4 is 0 Å². The zero-order chi connectivity index (χ0) is 12.5. The van der Waals surface area contributed by atoms with E-state index in [9.17, 15) is 0 Å². The first kappa shape index (κ1) is 14.2. The van der Waals surface area contributed by atoms with E-state index in [2.05, 4.69) is 31.2 Å². The Morgan fingerprint density at radius 1 is 0.941 bits per heavy atom. The van der Waals surface area contributed by atoms with Crippen molar-refractivity contribution < 1.29 is 9.47 Å². The summed E-state index contributed by atoms with van der Waals surface area (Å²) in [5.41, 5.74) is 2.50. The molecule has 1 aromatic rings.